The van der Waals surface area contributed by atoms with Crippen LogP contribution in [0.25, 0.3) is 24.3 Å². The highest BCUT2D eigenvalue weighted by Crippen LogP contribution is 2.13. The van der Waals surface area contributed by atoms with Gasteiger partial charge in [0.25, 0.3) is 0 Å². The van der Waals surface area contributed by atoms with Crippen molar-refractivity contribution in [2.45, 2.75) is 27.7 Å². The minimum Gasteiger partial charge on any atom is -0.103 e. The first kappa shape index (κ1) is 22.9. The van der Waals surface area contributed by atoms with Crippen molar-refractivity contribution in [2.24, 2.45) is 0 Å². The summed E-state index contributed by atoms with van der Waals surface area (Å²) in [5.74, 6) is 0. The normalized spacial score (nSPS) is 10.0. The summed E-state index contributed by atoms with van der Waals surface area (Å²) >= 11 is 0. The van der Waals surface area contributed by atoms with Crippen LogP contribution < -0.4 is 0 Å². The third-order valence-corrected chi connectivity index (χ3v) is 3.75. The Morgan fingerprint density at radius 2 is 0.821 bits per heavy atom. The van der Waals surface area contributed by atoms with Gasteiger partial charge >= 0.3 is 0 Å². The zero-order valence-electron chi connectivity index (χ0n) is 17.6. The smallest absolute Gasteiger partial charge is 0.0256 e. The number of hydrogen-bond acceptors (Lipinski definition) is 0. The molecule has 144 valence electrons. The van der Waals surface area contributed by atoms with Crippen LogP contribution in [0.1, 0.15) is 48.6 Å². The van der Waals surface area contributed by atoms with Gasteiger partial charge in [0.2, 0.25) is 0 Å². The Morgan fingerprint density at radius 1 is 0.536 bits per heavy atom. The molecule has 0 aliphatic rings. The first-order chi connectivity index (χ1) is 13.7. The highest BCUT2D eigenvalue weighted by Gasteiger charge is 1.91. The lowest BCUT2D eigenvalue weighted by atomic mass is 10.1. The fraction of sp³-hybridized carbons (Fsp3) is 0.143. The van der Waals surface area contributed by atoms with Gasteiger partial charge in [-0.3, -0.25) is 0 Å². The van der Waals surface area contributed by atoms with Crippen LogP contribution in [0.15, 0.2) is 91.5 Å². The molecule has 3 rings (SSSR count). The van der Waals surface area contributed by atoms with E-state index in [9.17, 15) is 0 Å². The van der Waals surface area contributed by atoms with Gasteiger partial charge in [-0.15, -0.1) is 6.58 Å². The van der Waals surface area contributed by atoms with E-state index in [1.54, 1.807) is 6.08 Å². The molecule has 0 aromatic heterocycles. The van der Waals surface area contributed by atoms with E-state index in [1.165, 1.54) is 27.8 Å². The third kappa shape index (κ3) is 9.00. The SMILES string of the molecule is C=CC.CC.Cc1ccc(/C=C/c2ccc(/C=C/c3ccccc3)cc2)cc1. The maximum Gasteiger partial charge on any atom is -0.0256 e. The molecule has 0 radical (unpaired) electrons. The van der Waals surface area contributed by atoms with E-state index in [1.807, 2.05) is 26.8 Å². The molecule has 0 heteroatoms. The predicted molar refractivity (Wildman–Crippen MR) is 129 cm³/mol. The lowest BCUT2D eigenvalue weighted by molar-refractivity contribution is 1.46. The molecule has 0 spiro atoms. The number of allylic oxidation sites excluding steroid dienone is 1. The van der Waals surface area contributed by atoms with Crippen molar-refractivity contribution in [3.8, 4) is 0 Å². The minimum atomic E-state index is 1.21. The Bertz CT molecular complexity index is 833. The van der Waals surface area contributed by atoms with E-state index in [0.29, 0.717) is 0 Å². The van der Waals surface area contributed by atoms with Crippen LogP contribution in [0.3, 0.4) is 0 Å². The molecular formula is C28H32. The summed E-state index contributed by atoms with van der Waals surface area (Å²) in [4.78, 5) is 0. The average molecular weight is 369 g/mol. The molecule has 0 N–H and O–H groups in total. The fourth-order valence-corrected chi connectivity index (χ4v) is 2.34. The highest BCUT2D eigenvalue weighted by atomic mass is 14.0. The van der Waals surface area contributed by atoms with Crippen LogP contribution >= 0.6 is 0 Å². The first-order valence-corrected chi connectivity index (χ1v) is 9.86. The van der Waals surface area contributed by atoms with Crippen molar-refractivity contribution >= 4 is 24.3 Å². The molecule has 0 aliphatic carbocycles. The van der Waals surface area contributed by atoms with E-state index < -0.39 is 0 Å². The molecule has 0 saturated carbocycles. The maximum absolute atomic E-state index is 3.36. The third-order valence-electron chi connectivity index (χ3n) is 3.75. The van der Waals surface area contributed by atoms with Crippen molar-refractivity contribution in [3.63, 3.8) is 0 Å². The zero-order valence-corrected chi connectivity index (χ0v) is 17.6. The van der Waals surface area contributed by atoms with E-state index in [0.717, 1.165) is 0 Å². The largest absolute Gasteiger partial charge is 0.103 e. The number of aryl methyl sites for hydroxylation is 1. The lowest BCUT2D eigenvalue weighted by Gasteiger charge is -1.98. The number of rotatable bonds is 4. The van der Waals surface area contributed by atoms with Crippen LogP contribution in [-0.4, -0.2) is 0 Å². The molecule has 0 atom stereocenters. The summed E-state index contributed by atoms with van der Waals surface area (Å²) in [6.07, 6.45) is 10.3. The molecule has 0 bridgehead atoms. The standard InChI is InChI=1S/C23H20.C3H6.C2H6/c1-19-7-9-21(10-8-19)13-14-23-17-15-22(16-18-23)12-11-20-5-3-2-4-6-20;1-3-2;1-2/h2-18H,1H3;3H,1H2,2H3;1-2H3/b12-11+,14-13+;;. The molecular weight excluding hydrogens is 336 g/mol. The molecule has 0 aliphatic heterocycles. The monoisotopic (exact) mass is 368 g/mol. The number of hydrogen-bond donors (Lipinski definition) is 0. The summed E-state index contributed by atoms with van der Waals surface area (Å²) in [6.45, 7) is 11.4. The maximum atomic E-state index is 3.36. The van der Waals surface area contributed by atoms with Gasteiger partial charge in [-0.05, 0) is 36.1 Å². The van der Waals surface area contributed by atoms with Crippen LogP contribution in [0.2, 0.25) is 0 Å². The predicted octanol–water partition coefficient (Wildman–Crippen LogP) is 8.55. The molecule has 3 aromatic rings. The van der Waals surface area contributed by atoms with Crippen molar-refractivity contribution < 1.29 is 0 Å². The summed E-state index contributed by atoms with van der Waals surface area (Å²) < 4.78 is 0. The Kier molecular flexibility index (Phi) is 11.5. The molecule has 28 heavy (non-hydrogen) atoms. The van der Waals surface area contributed by atoms with Crippen molar-refractivity contribution in [2.75, 3.05) is 0 Å². The molecule has 0 unspecified atom stereocenters. The number of benzene rings is 3. The van der Waals surface area contributed by atoms with E-state index in [-0.39, 0.29) is 0 Å². The second-order valence-electron chi connectivity index (χ2n) is 6.06. The van der Waals surface area contributed by atoms with E-state index in [4.69, 9.17) is 0 Å². The Balaban J connectivity index is 0.000000717. The van der Waals surface area contributed by atoms with E-state index in [2.05, 4.69) is 111 Å². The summed E-state index contributed by atoms with van der Waals surface area (Å²) in [7, 11) is 0. The Hall–Kier alpha value is -3.12. The van der Waals surface area contributed by atoms with Gasteiger partial charge in [-0.25, -0.2) is 0 Å². The molecule has 0 fully saturated rings. The molecule has 3 aromatic carbocycles. The first-order valence-electron chi connectivity index (χ1n) is 9.86. The average Bonchev–Trinajstić information content (AvgIpc) is 2.75. The molecule has 0 amide bonds. The Labute approximate surface area is 171 Å². The van der Waals surface area contributed by atoms with Crippen molar-refractivity contribution in [3.05, 3.63) is 119 Å². The van der Waals surface area contributed by atoms with Gasteiger partial charge in [-0.2, -0.15) is 0 Å². The Morgan fingerprint density at radius 3 is 1.18 bits per heavy atom. The fourth-order valence-electron chi connectivity index (χ4n) is 2.34. The quantitative estimate of drug-likeness (QED) is 0.319. The molecule has 0 nitrogen and oxygen atoms in total. The zero-order chi connectivity index (χ0) is 20.6. The van der Waals surface area contributed by atoms with Gasteiger partial charge < -0.3 is 0 Å². The van der Waals surface area contributed by atoms with Gasteiger partial charge in [0.1, 0.15) is 0 Å². The van der Waals surface area contributed by atoms with Gasteiger partial charge in [0.15, 0.2) is 0 Å². The van der Waals surface area contributed by atoms with Gasteiger partial charge in [-0.1, -0.05) is 129 Å². The van der Waals surface area contributed by atoms with Crippen molar-refractivity contribution in [1.82, 2.24) is 0 Å². The van der Waals surface area contributed by atoms with Crippen molar-refractivity contribution in [1.29, 1.82) is 0 Å². The van der Waals surface area contributed by atoms with Crippen LogP contribution in [-0.2, 0) is 0 Å². The summed E-state index contributed by atoms with van der Waals surface area (Å²) in [5.41, 5.74) is 6.15. The summed E-state index contributed by atoms with van der Waals surface area (Å²) in [5, 5.41) is 0. The highest BCUT2D eigenvalue weighted by molar-refractivity contribution is 5.73. The van der Waals surface area contributed by atoms with Crippen LogP contribution in [0.4, 0.5) is 0 Å². The van der Waals surface area contributed by atoms with Crippen LogP contribution in [0, 0.1) is 6.92 Å². The second-order valence-corrected chi connectivity index (χ2v) is 6.06. The topological polar surface area (TPSA) is 0 Å². The minimum absolute atomic E-state index is 1.21. The lowest BCUT2D eigenvalue weighted by Crippen LogP contribution is -1.76. The summed E-state index contributed by atoms with van der Waals surface area (Å²) in [6, 6.07) is 27.5. The van der Waals surface area contributed by atoms with Gasteiger partial charge in [0.05, 0.1) is 0 Å². The van der Waals surface area contributed by atoms with Gasteiger partial charge in [0, 0.05) is 0 Å². The van der Waals surface area contributed by atoms with E-state index >= 15 is 0 Å². The molecule has 0 heterocycles. The van der Waals surface area contributed by atoms with Crippen LogP contribution in [0.5, 0.6) is 0 Å². The second kappa shape index (κ2) is 14.0. The molecule has 0 saturated heterocycles.